The molecule has 2 atom stereocenters. The van der Waals surface area contributed by atoms with Crippen molar-refractivity contribution in [3.8, 4) is 11.1 Å². The van der Waals surface area contributed by atoms with Crippen LogP contribution in [0.4, 0.5) is 45.5 Å². The lowest BCUT2D eigenvalue weighted by Crippen LogP contribution is -2.61. The van der Waals surface area contributed by atoms with Crippen molar-refractivity contribution >= 4 is 68.6 Å². The zero-order valence-corrected chi connectivity index (χ0v) is 36.7. The van der Waals surface area contributed by atoms with Crippen LogP contribution < -0.4 is 31.1 Å². The van der Waals surface area contributed by atoms with Crippen molar-refractivity contribution in [2.45, 2.75) is 69.7 Å². The van der Waals surface area contributed by atoms with Gasteiger partial charge in [0.05, 0.1) is 11.2 Å². The number of benzene rings is 8. The Morgan fingerprint density at radius 2 is 1.03 bits per heavy atom. The number of fused-ring (bicyclic) bond motifs is 7. The third-order valence-electron chi connectivity index (χ3n) is 15.1. The molecule has 63 heavy (non-hydrogen) atoms. The molecule has 8 aromatic carbocycles. The molecule has 12 rings (SSSR count). The van der Waals surface area contributed by atoms with E-state index < -0.39 is 0 Å². The van der Waals surface area contributed by atoms with Crippen LogP contribution in [0.15, 0.2) is 194 Å². The Kier molecular flexibility index (Phi) is 8.51. The van der Waals surface area contributed by atoms with Gasteiger partial charge in [0.15, 0.2) is 0 Å². The van der Waals surface area contributed by atoms with E-state index in [0.29, 0.717) is 0 Å². The summed E-state index contributed by atoms with van der Waals surface area (Å²) >= 11 is 0. The van der Waals surface area contributed by atoms with Crippen LogP contribution >= 0.6 is 0 Å². The Morgan fingerprint density at radius 1 is 0.476 bits per heavy atom. The van der Waals surface area contributed by atoms with Gasteiger partial charge in [-0.2, -0.15) is 0 Å². The minimum Gasteiger partial charge on any atom is -0.334 e. The van der Waals surface area contributed by atoms with Crippen molar-refractivity contribution in [2.75, 3.05) is 14.7 Å². The van der Waals surface area contributed by atoms with E-state index in [9.17, 15) is 0 Å². The lowest BCUT2D eigenvalue weighted by Gasteiger charge is -2.53. The van der Waals surface area contributed by atoms with Crippen molar-refractivity contribution in [2.24, 2.45) is 0 Å². The Hall–Kier alpha value is -6.78. The van der Waals surface area contributed by atoms with Gasteiger partial charge in [-0.1, -0.05) is 173 Å². The molecule has 0 radical (unpaired) electrons. The Balaban J connectivity index is 1.20. The Labute approximate surface area is 373 Å². The molecule has 4 heteroatoms. The molecular weight excluding hydrogens is 761 g/mol. The van der Waals surface area contributed by atoms with Crippen LogP contribution in [-0.2, 0) is 10.8 Å². The van der Waals surface area contributed by atoms with E-state index in [0.717, 1.165) is 18.5 Å². The second-order valence-electron chi connectivity index (χ2n) is 19.4. The Bertz CT molecular complexity index is 3050. The number of para-hydroxylation sites is 4. The summed E-state index contributed by atoms with van der Waals surface area (Å²) in [6, 6.07) is 73.5. The van der Waals surface area contributed by atoms with Crippen molar-refractivity contribution < 1.29 is 0 Å². The molecule has 0 saturated heterocycles. The molecule has 2 unspecified atom stereocenters. The first-order valence-electron chi connectivity index (χ1n) is 22.9. The average molecular weight is 814 g/mol. The van der Waals surface area contributed by atoms with Crippen LogP contribution in [0.1, 0.15) is 70.1 Å². The fourth-order valence-corrected chi connectivity index (χ4v) is 12.3. The maximum absolute atomic E-state index is 2.78. The van der Waals surface area contributed by atoms with Crippen LogP contribution in [0.5, 0.6) is 0 Å². The number of nitrogens with zero attached hydrogens (tertiary/aromatic N) is 3. The summed E-state index contributed by atoms with van der Waals surface area (Å²) in [5.41, 5.74) is 20.1. The van der Waals surface area contributed by atoms with Gasteiger partial charge in [0.25, 0.3) is 6.71 Å². The molecule has 3 heterocycles. The van der Waals surface area contributed by atoms with Crippen molar-refractivity contribution in [3.63, 3.8) is 0 Å². The highest BCUT2D eigenvalue weighted by Gasteiger charge is 2.61. The summed E-state index contributed by atoms with van der Waals surface area (Å²) in [7, 11) is 0. The zero-order chi connectivity index (χ0) is 42.5. The van der Waals surface area contributed by atoms with Gasteiger partial charge in [0.2, 0.25) is 0 Å². The highest BCUT2D eigenvalue weighted by atomic mass is 15.3. The van der Waals surface area contributed by atoms with Gasteiger partial charge in [0.1, 0.15) is 0 Å². The monoisotopic (exact) mass is 813 g/mol. The summed E-state index contributed by atoms with van der Waals surface area (Å²) in [5, 5.41) is 0. The summed E-state index contributed by atoms with van der Waals surface area (Å²) in [4.78, 5) is 7.95. The molecule has 3 aliphatic heterocycles. The third-order valence-corrected chi connectivity index (χ3v) is 15.1. The fourth-order valence-electron chi connectivity index (χ4n) is 12.3. The van der Waals surface area contributed by atoms with Crippen molar-refractivity contribution in [1.82, 2.24) is 0 Å². The van der Waals surface area contributed by atoms with Crippen LogP contribution in [0.2, 0.25) is 0 Å². The molecule has 1 aliphatic carbocycles. The van der Waals surface area contributed by atoms with Crippen LogP contribution in [-0.4, -0.2) is 12.3 Å². The molecule has 0 aromatic heterocycles. The molecule has 8 aromatic rings. The lowest BCUT2D eigenvalue weighted by atomic mass is 9.33. The molecule has 0 N–H and O–H groups in total. The van der Waals surface area contributed by atoms with Crippen LogP contribution in [0, 0.1) is 0 Å². The van der Waals surface area contributed by atoms with Gasteiger partial charge in [-0.25, -0.2) is 0 Å². The molecule has 0 bridgehead atoms. The van der Waals surface area contributed by atoms with Crippen LogP contribution in [0.25, 0.3) is 11.1 Å². The number of anilines is 8. The summed E-state index contributed by atoms with van der Waals surface area (Å²) < 4.78 is 0. The molecule has 0 spiro atoms. The summed E-state index contributed by atoms with van der Waals surface area (Å²) in [5.74, 6) is 0. The molecule has 4 aliphatic rings. The predicted octanol–water partition coefficient (Wildman–Crippen LogP) is 13.5. The van der Waals surface area contributed by atoms with Gasteiger partial charge in [-0.05, 0) is 118 Å². The predicted molar refractivity (Wildman–Crippen MR) is 267 cm³/mol. The van der Waals surface area contributed by atoms with Gasteiger partial charge >= 0.3 is 0 Å². The van der Waals surface area contributed by atoms with E-state index in [1.807, 2.05) is 0 Å². The zero-order valence-electron chi connectivity index (χ0n) is 36.7. The number of hydrogen-bond acceptors (Lipinski definition) is 3. The second kappa shape index (κ2) is 14.1. The SMILES string of the molecule is CC(C)(C)c1ccc(N2c3ccccc3B3c4ccccc4N(c4ccccc4)c4cc(N5c6ccccc6C6(c7ccccc7)CCCCC56C)cc2c43)c(-c2ccccc2)c1. The fraction of sp³-hybridized carbons (Fsp3) is 0.186. The third kappa shape index (κ3) is 5.46. The first-order valence-corrected chi connectivity index (χ1v) is 22.9. The van der Waals surface area contributed by atoms with E-state index in [4.69, 9.17) is 0 Å². The maximum atomic E-state index is 2.78. The maximum Gasteiger partial charge on any atom is 0.252 e. The molecule has 1 fully saturated rings. The molecule has 306 valence electrons. The summed E-state index contributed by atoms with van der Waals surface area (Å²) in [6.45, 7) is 9.58. The minimum atomic E-state index is -0.220. The number of rotatable bonds is 5. The topological polar surface area (TPSA) is 9.72 Å². The smallest absolute Gasteiger partial charge is 0.252 e. The quantitative estimate of drug-likeness (QED) is 0.160. The normalized spacial score (nSPS) is 19.5. The van der Waals surface area contributed by atoms with Crippen molar-refractivity contribution in [3.05, 3.63) is 211 Å². The molecule has 0 amide bonds. The second-order valence-corrected chi connectivity index (χ2v) is 19.4. The van der Waals surface area contributed by atoms with E-state index in [1.54, 1.807) is 0 Å². The summed E-state index contributed by atoms with van der Waals surface area (Å²) in [6.07, 6.45) is 4.61. The van der Waals surface area contributed by atoms with Gasteiger partial charge in [-0.15, -0.1) is 0 Å². The largest absolute Gasteiger partial charge is 0.334 e. The first-order chi connectivity index (χ1) is 30.8. The van der Waals surface area contributed by atoms with E-state index in [1.165, 1.54) is 96.9 Å². The molecular formula is C59H52BN3. The van der Waals surface area contributed by atoms with E-state index >= 15 is 0 Å². The highest BCUT2D eigenvalue weighted by Crippen LogP contribution is 2.64. The highest BCUT2D eigenvalue weighted by molar-refractivity contribution is 7.00. The van der Waals surface area contributed by atoms with E-state index in [2.05, 4.69) is 237 Å². The Morgan fingerprint density at radius 3 is 1.71 bits per heavy atom. The van der Waals surface area contributed by atoms with E-state index in [-0.39, 0.29) is 23.1 Å². The van der Waals surface area contributed by atoms with Crippen molar-refractivity contribution in [1.29, 1.82) is 0 Å². The first kappa shape index (κ1) is 37.9. The van der Waals surface area contributed by atoms with Gasteiger partial charge in [0, 0.05) is 50.8 Å². The van der Waals surface area contributed by atoms with Gasteiger partial charge < -0.3 is 14.7 Å². The van der Waals surface area contributed by atoms with Crippen LogP contribution in [0.3, 0.4) is 0 Å². The molecule has 1 saturated carbocycles. The average Bonchev–Trinajstić information content (AvgIpc) is 3.57. The minimum absolute atomic E-state index is 0.0181. The number of hydrogen-bond donors (Lipinski definition) is 0. The standard InChI is InChI=1S/C59H52BN3/c1-57(2,3)43-34-35-50(46(38-43)41-22-8-5-9-23-41)62-53-33-19-16-30-49(53)60-48-29-15-18-32-52(48)61(44-26-12-7-13-27-44)54-39-45(40-55(62)56(54)60)63-51-31-17-14-28-47(51)59(42-24-10-6-11-25-42)37-21-20-36-58(59,63)4/h5-19,22-35,38-40H,20-21,36-37H2,1-4H3. The lowest BCUT2D eigenvalue weighted by molar-refractivity contribution is 0.215. The molecule has 3 nitrogen and oxygen atoms in total. The van der Waals surface area contributed by atoms with Gasteiger partial charge in [-0.3, -0.25) is 0 Å².